The van der Waals surface area contributed by atoms with Crippen LogP contribution < -0.4 is 4.74 Å². The van der Waals surface area contributed by atoms with Crippen molar-refractivity contribution in [3.8, 4) is 5.75 Å². The first-order valence-corrected chi connectivity index (χ1v) is 14.1. The lowest BCUT2D eigenvalue weighted by Crippen LogP contribution is -2.57. The third-order valence-electron chi connectivity index (χ3n) is 8.33. The molecule has 0 spiro atoms. The van der Waals surface area contributed by atoms with E-state index in [1.54, 1.807) is 7.11 Å². The Morgan fingerprint density at radius 1 is 1.03 bits per heavy atom. The fourth-order valence-corrected chi connectivity index (χ4v) is 5.95. The summed E-state index contributed by atoms with van der Waals surface area (Å²) in [6.07, 6.45) is 5.27. The number of oxime groups is 1. The second-order valence-electron chi connectivity index (χ2n) is 13.2. The van der Waals surface area contributed by atoms with Gasteiger partial charge >= 0.3 is 0 Å². The summed E-state index contributed by atoms with van der Waals surface area (Å²) in [5.41, 5.74) is 5.89. The minimum absolute atomic E-state index is 0.0421. The van der Waals surface area contributed by atoms with Gasteiger partial charge in [0.05, 0.1) is 31.3 Å². The Morgan fingerprint density at radius 3 is 2.29 bits per heavy atom. The van der Waals surface area contributed by atoms with Gasteiger partial charge < -0.3 is 9.94 Å². The van der Waals surface area contributed by atoms with Gasteiger partial charge in [0.15, 0.2) is 0 Å². The van der Waals surface area contributed by atoms with Gasteiger partial charge in [-0.15, -0.1) is 0 Å². The largest absolute Gasteiger partial charge is 0.497 e. The van der Waals surface area contributed by atoms with E-state index in [2.05, 4.69) is 76.8 Å². The van der Waals surface area contributed by atoms with Crippen LogP contribution in [-0.4, -0.2) is 40.7 Å². The minimum Gasteiger partial charge on any atom is -0.497 e. The number of piperidine rings is 1. The molecule has 0 saturated carbocycles. The highest BCUT2D eigenvalue weighted by Gasteiger charge is 2.42. The van der Waals surface area contributed by atoms with E-state index >= 15 is 0 Å². The van der Waals surface area contributed by atoms with Crippen LogP contribution in [-0.2, 0) is 17.4 Å². The number of hydrogen-bond acceptors (Lipinski definition) is 4. The molecular weight excluding hydrogens is 470 g/mol. The Labute approximate surface area is 229 Å². The predicted molar refractivity (Wildman–Crippen MR) is 157 cm³/mol. The van der Waals surface area contributed by atoms with E-state index in [0.717, 1.165) is 60.5 Å². The second-order valence-corrected chi connectivity index (χ2v) is 13.2. The first-order chi connectivity index (χ1) is 17.9. The van der Waals surface area contributed by atoms with Crippen molar-refractivity contribution in [3.05, 3.63) is 70.9 Å². The van der Waals surface area contributed by atoms with Crippen molar-refractivity contribution in [1.29, 1.82) is 0 Å². The van der Waals surface area contributed by atoms with E-state index in [1.165, 1.54) is 23.1 Å². The highest BCUT2D eigenvalue weighted by atomic mass is 16.5. The lowest BCUT2D eigenvalue weighted by atomic mass is 9.79. The number of nitrogens with zero attached hydrogens (tertiary/aromatic N) is 3. The Morgan fingerprint density at radius 2 is 1.71 bits per heavy atom. The van der Waals surface area contributed by atoms with Gasteiger partial charge in [0, 0.05) is 23.1 Å². The number of quaternary nitrogens is 1. The molecule has 0 radical (unpaired) electrons. The van der Waals surface area contributed by atoms with Gasteiger partial charge in [-0.2, -0.15) is 0 Å². The number of methoxy groups -OCH3 is 1. The Bertz CT molecular complexity index is 1280. The van der Waals surface area contributed by atoms with Gasteiger partial charge in [0.1, 0.15) is 12.3 Å². The summed E-state index contributed by atoms with van der Waals surface area (Å²) < 4.78 is 6.17. The zero-order chi connectivity index (χ0) is 27.7. The Kier molecular flexibility index (Phi) is 7.90. The maximum absolute atomic E-state index is 10.7. The molecule has 4 rings (SSSR count). The summed E-state index contributed by atoms with van der Waals surface area (Å²) in [7, 11) is 1.68. The Balaban J connectivity index is 1.91. The van der Waals surface area contributed by atoms with E-state index < -0.39 is 0 Å². The molecule has 0 bridgehead atoms. The molecule has 1 fully saturated rings. The molecular formula is C33H46N3O2+. The zero-order valence-electron chi connectivity index (χ0n) is 24.6. The number of likely N-dealkylation sites (tertiary alicyclic amines) is 1. The van der Waals surface area contributed by atoms with Crippen LogP contribution in [0.3, 0.4) is 0 Å². The molecule has 204 valence electrons. The molecule has 2 unspecified atom stereocenters. The Hall–Kier alpha value is -2.92. The average molecular weight is 517 g/mol. The van der Waals surface area contributed by atoms with Gasteiger partial charge in [-0.25, -0.2) is 0 Å². The standard InChI is InChI=1S/C33H45N3O2/c1-9-23-11-10-16-36(21-23,22-24-17-25(32(2,3)4)19-26(18-24)33(5,6)7)31(35-37)28-14-15-34-30-13-12-27(38-8)20-29(28)30/h12-15,17-20,23H,9-11,16,21-22H2,1-8H3/p+1/b35-31-. The molecule has 0 amide bonds. The van der Waals surface area contributed by atoms with E-state index in [9.17, 15) is 5.21 Å². The van der Waals surface area contributed by atoms with Crippen LogP contribution in [0.4, 0.5) is 0 Å². The van der Waals surface area contributed by atoms with Gasteiger partial charge in [-0.3, -0.25) is 9.47 Å². The normalized spacial score (nSPS) is 21.1. The maximum atomic E-state index is 10.7. The van der Waals surface area contributed by atoms with E-state index in [4.69, 9.17) is 4.74 Å². The third-order valence-corrected chi connectivity index (χ3v) is 8.33. The lowest BCUT2D eigenvalue weighted by molar-refractivity contribution is -0.864. The first kappa shape index (κ1) is 28.1. The number of fused-ring (bicyclic) bond motifs is 1. The summed E-state index contributed by atoms with van der Waals surface area (Å²) in [6.45, 7) is 18.7. The monoisotopic (exact) mass is 516 g/mol. The number of aromatic nitrogens is 1. The van der Waals surface area contributed by atoms with Crippen LogP contribution >= 0.6 is 0 Å². The number of pyridine rings is 1. The van der Waals surface area contributed by atoms with E-state index in [-0.39, 0.29) is 10.8 Å². The lowest BCUT2D eigenvalue weighted by Gasteiger charge is -2.44. The summed E-state index contributed by atoms with van der Waals surface area (Å²) in [4.78, 5) is 4.60. The molecule has 3 aromatic rings. The van der Waals surface area contributed by atoms with Crippen LogP contribution in [0, 0.1) is 5.92 Å². The first-order valence-electron chi connectivity index (χ1n) is 14.1. The van der Waals surface area contributed by atoms with E-state index in [1.807, 2.05) is 30.5 Å². The minimum atomic E-state index is 0.0421. The molecule has 2 heterocycles. The SMILES string of the molecule is CCC1CCC[N+](Cc2cc(C(C)(C)C)cc(C(C)(C)C)c2)(/C(=N\O)c2ccnc3ccc(OC)cc23)C1. The highest BCUT2D eigenvalue weighted by molar-refractivity contribution is 6.05. The van der Waals surface area contributed by atoms with Crippen molar-refractivity contribution < 1.29 is 14.4 Å². The molecule has 1 N–H and O–H groups in total. The van der Waals surface area contributed by atoms with Crippen LogP contribution in [0.15, 0.2) is 53.8 Å². The predicted octanol–water partition coefficient (Wildman–Crippen LogP) is 7.81. The maximum Gasteiger partial charge on any atom is 0.270 e. The van der Waals surface area contributed by atoms with Gasteiger partial charge in [0.2, 0.25) is 0 Å². The van der Waals surface area contributed by atoms with Crippen molar-refractivity contribution in [2.75, 3.05) is 20.2 Å². The zero-order valence-corrected chi connectivity index (χ0v) is 24.6. The average Bonchev–Trinajstić information content (AvgIpc) is 2.87. The fourth-order valence-electron chi connectivity index (χ4n) is 5.95. The van der Waals surface area contributed by atoms with Crippen molar-refractivity contribution >= 4 is 16.7 Å². The van der Waals surface area contributed by atoms with Crippen LogP contribution in [0.25, 0.3) is 10.9 Å². The van der Waals surface area contributed by atoms with Gasteiger partial charge in [0.25, 0.3) is 5.84 Å². The molecule has 38 heavy (non-hydrogen) atoms. The second kappa shape index (κ2) is 10.7. The molecule has 2 atom stereocenters. The fraction of sp³-hybridized carbons (Fsp3) is 0.515. The third kappa shape index (κ3) is 5.73. The molecule has 1 aliphatic heterocycles. The summed E-state index contributed by atoms with van der Waals surface area (Å²) >= 11 is 0. The molecule has 5 heteroatoms. The molecule has 1 aromatic heterocycles. The number of benzene rings is 2. The topological polar surface area (TPSA) is 54.7 Å². The van der Waals surface area contributed by atoms with Gasteiger partial charge in [-0.1, -0.05) is 54.5 Å². The smallest absolute Gasteiger partial charge is 0.270 e. The molecule has 1 saturated heterocycles. The summed E-state index contributed by atoms with van der Waals surface area (Å²) in [6, 6.07) is 15.1. The number of ether oxygens (including phenoxy) is 1. The quantitative estimate of drug-likeness (QED) is 0.124. The molecule has 0 aliphatic carbocycles. The molecule has 2 aromatic carbocycles. The van der Waals surface area contributed by atoms with Gasteiger partial charge in [-0.05, 0) is 82.8 Å². The number of rotatable bonds is 5. The number of hydrogen-bond donors (Lipinski definition) is 1. The van der Waals surface area contributed by atoms with Crippen molar-refractivity contribution in [2.24, 2.45) is 11.1 Å². The van der Waals surface area contributed by atoms with Crippen LogP contribution in [0.5, 0.6) is 5.75 Å². The van der Waals surface area contributed by atoms with Crippen molar-refractivity contribution in [2.45, 2.75) is 85.1 Å². The highest BCUT2D eigenvalue weighted by Crippen LogP contribution is 2.36. The van der Waals surface area contributed by atoms with E-state index in [0.29, 0.717) is 10.4 Å². The number of amidine groups is 1. The molecule has 5 nitrogen and oxygen atoms in total. The van der Waals surface area contributed by atoms with Crippen molar-refractivity contribution in [1.82, 2.24) is 4.98 Å². The van der Waals surface area contributed by atoms with Crippen LogP contribution in [0.2, 0.25) is 0 Å². The van der Waals surface area contributed by atoms with Crippen molar-refractivity contribution in [3.63, 3.8) is 0 Å². The van der Waals surface area contributed by atoms with Crippen LogP contribution in [0.1, 0.15) is 90.0 Å². The summed E-state index contributed by atoms with van der Waals surface area (Å²) in [5, 5.41) is 15.7. The summed E-state index contributed by atoms with van der Waals surface area (Å²) in [5.74, 6) is 2.08. The molecule has 1 aliphatic rings.